The van der Waals surface area contributed by atoms with Crippen molar-refractivity contribution in [2.75, 3.05) is 11.9 Å². The predicted molar refractivity (Wildman–Crippen MR) is 99.7 cm³/mol. The van der Waals surface area contributed by atoms with Crippen molar-refractivity contribution in [1.82, 2.24) is 9.88 Å². The Bertz CT molecular complexity index is 816. The van der Waals surface area contributed by atoms with Gasteiger partial charge in [0.2, 0.25) is 11.8 Å². The average Bonchev–Trinajstić information content (AvgIpc) is 3.19. The van der Waals surface area contributed by atoms with E-state index in [0.717, 1.165) is 59.6 Å². The maximum Gasteiger partial charge on any atom is 0.229 e. The van der Waals surface area contributed by atoms with Gasteiger partial charge in [0.15, 0.2) is 0 Å². The molecule has 0 bridgehead atoms. The van der Waals surface area contributed by atoms with Crippen molar-refractivity contribution in [2.24, 2.45) is 5.92 Å². The summed E-state index contributed by atoms with van der Waals surface area (Å²) >= 11 is 1.63. The third-order valence-electron chi connectivity index (χ3n) is 5.34. The molecule has 4 rings (SSSR count). The predicted octanol–water partition coefficient (Wildman–Crippen LogP) is 3.72. The van der Waals surface area contributed by atoms with Crippen molar-refractivity contribution < 1.29 is 9.59 Å². The van der Waals surface area contributed by atoms with Crippen molar-refractivity contribution in [1.29, 1.82) is 0 Å². The van der Waals surface area contributed by atoms with E-state index < -0.39 is 0 Å². The number of fused-ring (bicyclic) bond motifs is 1. The zero-order valence-corrected chi connectivity index (χ0v) is 15.3. The summed E-state index contributed by atoms with van der Waals surface area (Å²) < 4.78 is 1.09. The van der Waals surface area contributed by atoms with E-state index in [1.807, 2.05) is 30.0 Å². The number of benzene rings is 1. The molecule has 2 atom stereocenters. The van der Waals surface area contributed by atoms with Crippen LogP contribution in [0.2, 0.25) is 0 Å². The Morgan fingerprint density at radius 2 is 2.12 bits per heavy atom. The highest BCUT2D eigenvalue weighted by molar-refractivity contribution is 7.18. The lowest BCUT2D eigenvalue weighted by Crippen LogP contribution is -2.47. The van der Waals surface area contributed by atoms with Crippen LogP contribution in [0.1, 0.15) is 43.5 Å². The van der Waals surface area contributed by atoms with Gasteiger partial charge in [-0.2, -0.15) is 0 Å². The fourth-order valence-electron chi connectivity index (χ4n) is 4.16. The van der Waals surface area contributed by atoms with Gasteiger partial charge in [0.25, 0.3) is 0 Å². The minimum atomic E-state index is -0.102. The Balaban J connectivity index is 1.52. The second kappa shape index (κ2) is 6.75. The van der Waals surface area contributed by atoms with Crippen LogP contribution in [0.25, 0.3) is 10.2 Å². The number of likely N-dealkylation sites (tertiary alicyclic amines) is 1. The molecule has 2 amide bonds. The number of aryl methyl sites for hydroxylation is 1. The summed E-state index contributed by atoms with van der Waals surface area (Å²) in [5.74, 6) is 0.158. The van der Waals surface area contributed by atoms with E-state index in [1.54, 1.807) is 11.3 Å². The highest BCUT2D eigenvalue weighted by Crippen LogP contribution is 2.32. The van der Waals surface area contributed by atoms with Crippen LogP contribution < -0.4 is 5.32 Å². The van der Waals surface area contributed by atoms with Gasteiger partial charge in [-0.25, -0.2) is 4.98 Å². The van der Waals surface area contributed by atoms with Gasteiger partial charge in [0.1, 0.15) is 0 Å². The van der Waals surface area contributed by atoms with Crippen molar-refractivity contribution in [3.05, 3.63) is 23.2 Å². The number of aromatic nitrogens is 1. The number of carbonyl (C=O) groups is 2. The standard InChI is InChI=1S/C19H23N3O2S/c1-12-20-15-9-8-13(11-17(15)25-12)21-19(24)14-5-2-3-6-16(14)22-10-4-7-18(22)23/h8-9,11,14,16H,2-7,10H2,1H3,(H,21,24)/t14-,16+/m1/s1. The van der Waals surface area contributed by atoms with Crippen LogP contribution in [-0.2, 0) is 9.59 Å². The summed E-state index contributed by atoms with van der Waals surface area (Å²) in [7, 11) is 0. The molecule has 0 unspecified atom stereocenters. The van der Waals surface area contributed by atoms with Gasteiger partial charge in [-0.15, -0.1) is 11.3 Å². The molecule has 1 aromatic carbocycles. The highest BCUT2D eigenvalue weighted by atomic mass is 32.1. The quantitative estimate of drug-likeness (QED) is 0.910. The zero-order chi connectivity index (χ0) is 17.4. The third kappa shape index (κ3) is 3.27. The molecule has 5 nitrogen and oxygen atoms in total. The Morgan fingerprint density at radius 3 is 2.92 bits per heavy atom. The molecule has 6 heteroatoms. The van der Waals surface area contributed by atoms with Crippen LogP contribution in [0.5, 0.6) is 0 Å². The van der Waals surface area contributed by atoms with Crippen LogP contribution in [0, 0.1) is 12.8 Å². The van der Waals surface area contributed by atoms with Gasteiger partial charge in [0, 0.05) is 24.7 Å². The lowest BCUT2D eigenvalue weighted by molar-refractivity contribution is -0.133. The van der Waals surface area contributed by atoms with Crippen molar-refractivity contribution in [3.8, 4) is 0 Å². The van der Waals surface area contributed by atoms with Gasteiger partial charge < -0.3 is 10.2 Å². The zero-order valence-electron chi connectivity index (χ0n) is 14.5. The lowest BCUT2D eigenvalue weighted by Gasteiger charge is -2.37. The summed E-state index contributed by atoms with van der Waals surface area (Å²) in [6.45, 7) is 2.79. The normalized spacial score (nSPS) is 24.0. The molecule has 1 saturated carbocycles. The van der Waals surface area contributed by atoms with E-state index in [9.17, 15) is 9.59 Å². The molecule has 25 heavy (non-hydrogen) atoms. The molecule has 0 radical (unpaired) electrons. The maximum absolute atomic E-state index is 12.9. The second-order valence-corrected chi connectivity index (χ2v) is 8.29. The van der Waals surface area contributed by atoms with E-state index in [4.69, 9.17) is 0 Å². The number of rotatable bonds is 3. The molecule has 2 aromatic rings. The number of hydrogen-bond donors (Lipinski definition) is 1. The highest BCUT2D eigenvalue weighted by Gasteiger charge is 2.38. The van der Waals surface area contributed by atoms with E-state index in [-0.39, 0.29) is 23.8 Å². The van der Waals surface area contributed by atoms with Crippen LogP contribution in [-0.4, -0.2) is 34.3 Å². The largest absolute Gasteiger partial charge is 0.339 e. The summed E-state index contributed by atoms with van der Waals surface area (Å²) in [5.41, 5.74) is 1.79. The first kappa shape index (κ1) is 16.5. The van der Waals surface area contributed by atoms with E-state index in [1.165, 1.54) is 0 Å². The van der Waals surface area contributed by atoms with Crippen LogP contribution in [0.4, 0.5) is 5.69 Å². The first-order valence-corrected chi connectivity index (χ1v) is 9.91. The minimum Gasteiger partial charge on any atom is -0.339 e. The first-order chi connectivity index (χ1) is 12.1. The number of anilines is 1. The topological polar surface area (TPSA) is 62.3 Å². The van der Waals surface area contributed by atoms with Gasteiger partial charge in [-0.3, -0.25) is 9.59 Å². The maximum atomic E-state index is 12.9. The summed E-state index contributed by atoms with van der Waals surface area (Å²) in [4.78, 5) is 31.5. The fraction of sp³-hybridized carbons (Fsp3) is 0.526. The summed E-state index contributed by atoms with van der Waals surface area (Å²) in [6, 6.07) is 5.93. The molecule has 1 aliphatic carbocycles. The molecule has 2 fully saturated rings. The summed E-state index contributed by atoms with van der Waals surface area (Å²) in [5, 5.41) is 4.11. The minimum absolute atomic E-state index is 0.0463. The number of nitrogens with one attached hydrogen (secondary N) is 1. The molecule has 2 heterocycles. The van der Waals surface area contributed by atoms with Gasteiger partial charge in [-0.05, 0) is 44.4 Å². The fourth-order valence-corrected chi connectivity index (χ4v) is 5.03. The van der Waals surface area contributed by atoms with E-state index >= 15 is 0 Å². The molecule has 1 N–H and O–H groups in total. The number of thiazole rings is 1. The van der Waals surface area contributed by atoms with Crippen LogP contribution in [0.15, 0.2) is 18.2 Å². The van der Waals surface area contributed by atoms with Crippen molar-refractivity contribution in [3.63, 3.8) is 0 Å². The smallest absolute Gasteiger partial charge is 0.229 e. The Kier molecular flexibility index (Phi) is 4.46. The van der Waals surface area contributed by atoms with Gasteiger partial charge in [0.05, 0.1) is 21.1 Å². The van der Waals surface area contributed by atoms with Gasteiger partial charge >= 0.3 is 0 Å². The molecular weight excluding hydrogens is 334 g/mol. The van der Waals surface area contributed by atoms with E-state index in [2.05, 4.69) is 10.3 Å². The molecule has 2 aliphatic rings. The van der Waals surface area contributed by atoms with Crippen LogP contribution in [0.3, 0.4) is 0 Å². The second-order valence-electron chi connectivity index (χ2n) is 7.05. The molecule has 1 aromatic heterocycles. The molecule has 1 saturated heterocycles. The molecular formula is C19H23N3O2S. The molecule has 132 valence electrons. The molecule has 1 aliphatic heterocycles. The molecule has 0 spiro atoms. The number of nitrogens with zero attached hydrogens (tertiary/aromatic N) is 2. The Hall–Kier alpha value is -1.95. The number of hydrogen-bond acceptors (Lipinski definition) is 4. The summed E-state index contributed by atoms with van der Waals surface area (Å²) in [6.07, 6.45) is 5.52. The van der Waals surface area contributed by atoms with E-state index in [0.29, 0.717) is 6.42 Å². The third-order valence-corrected chi connectivity index (χ3v) is 6.27. The van der Waals surface area contributed by atoms with Crippen LogP contribution >= 0.6 is 11.3 Å². The SMILES string of the molecule is Cc1nc2ccc(NC(=O)[C@@H]3CCCC[C@@H]3N3CCCC3=O)cc2s1. The van der Waals surface area contributed by atoms with Crippen molar-refractivity contribution >= 4 is 39.1 Å². The number of amides is 2. The number of carbonyl (C=O) groups excluding carboxylic acids is 2. The average molecular weight is 357 g/mol. The van der Waals surface area contributed by atoms with Gasteiger partial charge in [-0.1, -0.05) is 12.8 Å². The van der Waals surface area contributed by atoms with Crippen molar-refractivity contribution in [2.45, 2.75) is 51.5 Å². The lowest BCUT2D eigenvalue weighted by atomic mass is 9.83. The monoisotopic (exact) mass is 357 g/mol. The Labute approximate surface area is 151 Å². The Morgan fingerprint density at radius 1 is 1.28 bits per heavy atom. The first-order valence-electron chi connectivity index (χ1n) is 9.09.